The van der Waals surface area contributed by atoms with Gasteiger partial charge < -0.3 is 9.84 Å². The zero-order valence-corrected chi connectivity index (χ0v) is 10.5. The summed E-state index contributed by atoms with van der Waals surface area (Å²) in [6, 6.07) is 5.48. The number of halogens is 2. The van der Waals surface area contributed by atoms with Gasteiger partial charge in [0.1, 0.15) is 0 Å². The van der Waals surface area contributed by atoms with Crippen LogP contribution >= 0.6 is 29.1 Å². The Morgan fingerprint density at radius 2 is 1.93 bits per heavy atom. The molecule has 0 atom stereocenters. The second-order valence-corrected chi connectivity index (χ2v) is 6.01. The molecule has 3 nitrogen and oxygen atoms in total. The number of ether oxygens (including phenoxy) is 1. The van der Waals surface area contributed by atoms with Gasteiger partial charge in [0.15, 0.2) is 19.0 Å². The van der Waals surface area contributed by atoms with Crippen molar-refractivity contribution in [2.75, 3.05) is 6.61 Å². The van der Waals surface area contributed by atoms with Crippen LogP contribution in [0.5, 0.6) is 0 Å². The summed E-state index contributed by atoms with van der Waals surface area (Å²) in [4.78, 5) is 0. The van der Waals surface area contributed by atoms with Gasteiger partial charge in [0, 0.05) is 12.1 Å². The van der Waals surface area contributed by atoms with Gasteiger partial charge in [-0.05, 0) is 6.92 Å². The van der Waals surface area contributed by atoms with E-state index in [1.54, 1.807) is 23.9 Å². The smallest absolute Gasteiger partial charge is 0.355 e. The normalized spacial score (nSPS) is 12.5. The Hall–Kier alpha value is -0.500. The molecule has 1 aromatic heterocycles. The van der Waals surface area contributed by atoms with E-state index in [-0.39, 0.29) is 5.95 Å². The van der Waals surface area contributed by atoms with E-state index >= 15 is 0 Å². The molecule has 0 spiro atoms. The van der Waals surface area contributed by atoms with Crippen LogP contribution in [0.4, 0.5) is 0 Å². The van der Waals surface area contributed by atoms with Crippen molar-refractivity contribution in [2.24, 2.45) is 0 Å². The summed E-state index contributed by atoms with van der Waals surface area (Å²) in [6.07, 6.45) is 3.48. The predicted molar refractivity (Wildman–Crippen MR) is 62.7 cm³/mol. The van der Waals surface area contributed by atoms with Crippen LogP contribution in [0.3, 0.4) is 0 Å². The minimum Gasteiger partial charge on any atom is -0.476 e. The first-order valence-electron chi connectivity index (χ1n) is 4.31. The van der Waals surface area contributed by atoms with E-state index in [2.05, 4.69) is 0 Å². The van der Waals surface area contributed by atoms with E-state index < -0.39 is 6.63 Å². The molecule has 1 rings (SSSR count). The summed E-state index contributed by atoms with van der Waals surface area (Å²) in [5.74, 6) is -0.232. The van der Waals surface area contributed by atoms with E-state index in [1.807, 2.05) is 18.2 Å². The molecule has 0 saturated carbocycles. The van der Waals surface area contributed by atoms with Crippen molar-refractivity contribution in [3.63, 3.8) is 0 Å². The molecule has 0 aliphatic rings. The summed E-state index contributed by atoms with van der Waals surface area (Å²) in [7, 11) is 0. The average Bonchev–Trinajstić information content (AvgIpc) is 2.19. The van der Waals surface area contributed by atoms with Gasteiger partial charge in [-0.2, -0.15) is 4.57 Å². The van der Waals surface area contributed by atoms with Crippen molar-refractivity contribution in [2.45, 2.75) is 6.92 Å². The van der Waals surface area contributed by atoms with Gasteiger partial charge in [-0.3, -0.25) is 0 Å². The fourth-order valence-electron chi connectivity index (χ4n) is 1.01. The third kappa shape index (κ3) is 3.53. The summed E-state index contributed by atoms with van der Waals surface area (Å²) < 4.78 is 6.62. The highest BCUT2D eigenvalue weighted by Gasteiger charge is 2.26. The minimum absolute atomic E-state index is 0.232. The van der Waals surface area contributed by atoms with Gasteiger partial charge in [0.2, 0.25) is 0 Å². The number of aromatic nitrogens is 1. The highest BCUT2D eigenvalue weighted by molar-refractivity contribution is 8.10. The maximum atomic E-state index is 9.62. The highest BCUT2D eigenvalue weighted by atomic mass is 35.9. The first-order valence-corrected chi connectivity index (χ1v) is 7.46. The quantitative estimate of drug-likeness (QED) is 0.515. The summed E-state index contributed by atoms with van der Waals surface area (Å²) >= 11 is 11.6. The monoisotopic (exact) mass is 266 g/mol. The lowest BCUT2D eigenvalue weighted by atomic mass is 10.5. The lowest BCUT2D eigenvalue weighted by Crippen LogP contribution is -2.30. The lowest BCUT2D eigenvalue weighted by Gasteiger charge is -2.05. The molecule has 0 aliphatic carbocycles. The Morgan fingerprint density at radius 3 is 2.40 bits per heavy atom. The van der Waals surface area contributed by atoms with E-state index in [1.165, 1.54) is 0 Å². The van der Waals surface area contributed by atoms with Gasteiger partial charge in [-0.1, -0.05) is 28.5 Å². The van der Waals surface area contributed by atoms with Crippen molar-refractivity contribution in [1.82, 2.24) is 0 Å². The molecule has 0 bridgehead atoms. The average molecular weight is 267 g/mol. The summed E-state index contributed by atoms with van der Waals surface area (Å²) in [5, 5.41) is 9.62. The summed E-state index contributed by atoms with van der Waals surface area (Å²) in [6.45, 7) is 0.654. The van der Waals surface area contributed by atoms with Crippen LogP contribution in [0.15, 0.2) is 36.5 Å². The third-order valence-corrected chi connectivity index (χ3v) is 3.30. The number of hydrogen-bond donors (Lipinski definition) is 1. The third-order valence-electron chi connectivity index (χ3n) is 1.59. The number of aliphatic hydroxyl groups is 1. The van der Waals surface area contributed by atoms with E-state index in [9.17, 15) is 5.11 Å². The molecular formula is C9H11Cl2NO2P+. The highest BCUT2D eigenvalue weighted by Crippen LogP contribution is 2.55. The van der Waals surface area contributed by atoms with Gasteiger partial charge in [-0.25, -0.2) is 0 Å². The van der Waals surface area contributed by atoms with Crippen LogP contribution in [0.1, 0.15) is 6.92 Å². The molecule has 0 aromatic carbocycles. The van der Waals surface area contributed by atoms with Crippen LogP contribution < -0.4 is 4.57 Å². The fraction of sp³-hybridized carbons (Fsp3) is 0.222. The maximum absolute atomic E-state index is 9.62. The van der Waals surface area contributed by atoms with Crippen LogP contribution in [-0.2, 0) is 4.74 Å². The zero-order valence-electron chi connectivity index (χ0n) is 8.10. The summed E-state index contributed by atoms with van der Waals surface area (Å²) in [5.41, 5.74) is 0.371. The van der Waals surface area contributed by atoms with Crippen LogP contribution in [0.25, 0.3) is 5.44 Å². The van der Waals surface area contributed by atoms with Crippen molar-refractivity contribution in [3.05, 3.63) is 36.5 Å². The number of rotatable bonds is 4. The van der Waals surface area contributed by atoms with Gasteiger partial charge in [0.05, 0.1) is 6.61 Å². The topological polar surface area (TPSA) is 33.3 Å². The molecule has 0 amide bonds. The maximum Gasteiger partial charge on any atom is 0.355 e. The molecule has 1 heterocycles. The molecule has 82 valence electrons. The molecular weight excluding hydrogens is 256 g/mol. The molecule has 0 unspecified atom stereocenters. The van der Waals surface area contributed by atoms with Crippen LogP contribution in [-0.4, -0.2) is 11.7 Å². The zero-order chi connectivity index (χ0) is 11.3. The standard InChI is InChI=1S/C9H10Cl2NO2P/c1-2-14-9(13)8(15(10)11)12-6-4-3-5-7-12/h3-7H,2H2,1H3/p+1/b9-8-. The Balaban J connectivity index is 3.09. The second-order valence-electron chi connectivity index (χ2n) is 2.58. The molecule has 15 heavy (non-hydrogen) atoms. The Labute approximate surface area is 99.2 Å². The predicted octanol–water partition coefficient (Wildman–Crippen LogP) is 3.44. The van der Waals surface area contributed by atoms with E-state index in [0.29, 0.717) is 12.0 Å². The Morgan fingerprint density at radius 1 is 1.33 bits per heavy atom. The molecule has 1 N–H and O–H groups in total. The second kappa shape index (κ2) is 6.16. The van der Waals surface area contributed by atoms with Crippen LogP contribution in [0, 0.1) is 0 Å². The molecule has 0 aliphatic heterocycles. The van der Waals surface area contributed by atoms with Crippen molar-refractivity contribution >= 4 is 34.5 Å². The molecule has 0 radical (unpaired) electrons. The minimum atomic E-state index is -1.48. The first kappa shape index (κ1) is 12.6. The van der Waals surface area contributed by atoms with Gasteiger partial charge >= 0.3 is 11.4 Å². The first-order chi connectivity index (χ1) is 7.16. The van der Waals surface area contributed by atoms with Crippen molar-refractivity contribution in [1.29, 1.82) is 0 Å². The Kier molecular flexibility index (Phi) is 5.16. The van der Waals surface area contributed by atoms with Crippen LogP contribution in [0.2, 0.25) is 0 Å². The SMILES string of the molecule is CCO/C(O)=C(/[n+]1ccccc1)P(Cl)Cl. The number of aliphatic hydroxyl groups excluding tert-OH is 1. The number of pyridine rings is 1. The lowest BCUT2D eigenvalue weighted by molar-refractivity contribution is -0.576. The Bertz CT molecular complexity index is 343. The van der Waals surface area contributed by atoms with E-state index in [0.717, 1.165) is 0 Å². The van der Waals surface area contributed by atoms with Crippen molar-refractivity contribution < 1.29 is 14.4 Å². The molecule has 0 fully saturated rings. The molecule has 0 saturated heterocycles. The molecule has 6 heteroatoms. The van der Waals surface area contributed by atoms with Gasteiger partial charge in [0.25, 0.3) is 0 Å². The van der Waals surface area contributed by atoms with Gasteiger partial charge in [-0.15, -0.1) is 0 Å². The molecule has 1 aromatic rings. The largest absolute Gasteiger partial charge is 0.476 e. The number of hydrogen-bond acceptors (Lipinski definition) is 2. The van der Waals surface area contributed by atoms with Crippen molar-refractivity contribution in [3.8, 4) is 0 Å². The van der Waals surface area contributed by atoms with E-state index in [4.69, 9.17) is 27.2 Å². The number of nitrogens with zero attached hydrogens (tertiary/aromatic N) is 1. The fourth-order valence-corrected chi connectivity index (χ4v) is 2.49.